The van der Waals surface area contributed by atoms with E-state index in [1.54, 1.807) is 0 Å². The van der Waals surface area contributed by atoms with Crippen molar-refractivity contribution < 1.29 is 14.6 Å². The first kappa shape index (κ1) is 21.4. The van der Waals surface area contributed by atoms with Gasteiger partial charge in [0.15, 0.2) is 0 Å². The number of allylic oxidation sites excluding steroid dienone is 6. The Balaban J connectivity index is 2.02. The molecule has 0 aromatic carbocycles. The van der Waals surface area contributed by atoms with Gasteiger partial charge in [0.05, 0.1) is 17.6 Å². The van der Waals surface area contributed by atoms with Crippen molar-refractivity contribution in [2.75, 3.05) is 6.61 Å². The Morgan fingerprint density at radius 1 is 1.21 bits per heavy atom. The Bertz CT molecular complexity index is 676. The molecule has 4 atom stereocenters. The van der Waals surface area contributed by atoms with E-state index in [0.29, 0.717) is 0 Å². The maximum absolute atomic E-state index is 12.9. The summed E-state index contributed by atoms with van der Waals surface area (Å²) in [5, 5.41) is 10.6. The van der Waals surface area contributed by atoms with E-state index in [4.69, 9.17) is 4.74 Å². The first-order chi connectivity index (χ1) is 13.3. The number of rotatable bonds is 4. The monoisotopic (exact) mass is 386 g/mol. The molecular weight excluding hydrogens is 348 g/mol. The number of aliphatic carboxylic acids is 1. The molecule has 2 aliphatic carbocycles. The number of epoxide rings is 1. The summed E-state index contributed by atoms with van der Waals surface area (Å²) in [6.07, 6.45) is 15.4. The van der Waals surface area contributed by atoms with E-state index in [1.807, 2.05) is 0 Å². The van der Waals surface area contributed by atoms with Gasteiger partial charge in [0.1, 0.15) is 0 Å². The number of fused-ring (bicyclic) bond motifs is 3. The first-order valence-corrected chi connectivity index (χ1v) is 11.1. The van der Waals surface area contributed by atoms with Crippen molar-refractivity contribution in [3.63, 3.8) is 0 Å². The zero-order chi connectivity index (χ0) is 20.4. The molecule has 2 bridgehead atoms. The Hall–Kier alpha value is -1.35. The second kappa shape index (κ2) is 8.57. The molecule has 3 nitrogen and oxygen atoms in total. The van der Waals surface area contributed by atoms with E-state index in [9.17, 15) is 9.90 Å². The minimum Gasteiger partial charge on any atom is -0.481 e. The molecule has 28 heavy (non-hydrogen) atoms. The van der Waals surface area contributed by atoms with Crippen LogP contribution in [0.4, 0.5) is 0 Å². The molecule has 1 aliphatic heterocycles. The summed E-state index contributed by atoms with van der Waals surface area (Å²) in [6, 6.07) is 0. The van der Waals surface area contributed by atoms with Crippen LogP contribution in [0, 0.1) is 17.3 Å². The van der Waals surface area contributed by atoms with Crippen LogP contribution in [-0.4, -0.2) is 23.3 Å². The summed E-state index contributed by atoms with van der Waals surface area (Å²) in [4.78, 5) is 12.9. The van der Waals surface area contributed by atoms with Crippen LogP contribution in [-0.2, 0) is 9.53 Å². The standard InChI is InChI=1S/C25H38O3/c1-18(2)7-6-15-25(23(26)27)21-12-10-19(3)8-5-9-20(4)11-13-22(25)24(16-14-21)17-28-24/h7,9-10,21-22H,5-6,8,11-17H2,1-4H3,(H,26,27)/b19-10+,20-9+/t21-,22-,24+,25+/m0/s1. The van der Waals surface area contributed by atoms with Crippen LogP contribution in [0.3, 0.4) is 0 Å². The fourth-order valence-corrected chi connectivity index (χ4v) is 5.77. The van der Waals surface area contributed by atoms with E-state index in [0.717, 1.165) is 64.4 Å². The zero-order valence-corrected chi connectivity index (χ0v) is 18.2. The number of hydrogen-bond donors (Lipinski definition) is 1. The van der Waals surface area contributed by atoms with Crippen LogP contribution in [0.2, 0.25) is 0 Å². The van der Waals surface area contributed by atoms with Crippen LogP contribution in [0.5, 0.6) is 0 Å². The van der Waals surface area contributed by atoms with E-state index in [2.05, 4.69) is 45.9 Å². The van der Waals surface area contributed by atoms with Crippen LogP contribution < -0.4 is 0 Å². The van der Waals surface area contributed by atoms with Gasteiger partial charge in [-0.3, -0.25) is 4.79 Å². The van der Waals surface area contributed by atoms with Crippen molar-refractivity contribution in [2.45, 2.75) is 91.1 Å². The molecule has 0 radical (unpaired) electrons. The fraction of sp³-hybridized carbons (Fsp3) is 0.720. The highest BCUT2D eigenvalue weighted by molar-refractivity contribution is 5.76. The van der Waals surface area contributed by atoms with Crippen LogP contribution in [0.25, 0.3) is 0 Å². The average molecular weight is 387 g/mol. The fourth-order valence-electron chi connectivity index (χ4n) is 5.77. The van der Waals surface area contributed by atoms with Crippen molar-refractivity contribution in [2.24, 2.45) is 17.3 Å². The lowest BCUT2D eigenvalue weighted by atomic mass is 9.52. The normalized spacial score (nSPS) is 39.6. The lowest BCUT2D eigenvalue weighted by molar-refractivity contribution is -0.167. The largest absolute Gasteiger partial charge is 0.481 e. The summed E-state index contributed by atoms with van der Waals surface area (Å²) < 4.78 is 6.02. The Labute approximate surface area is 170 Å². The van der Waals surface area contributed by atoms with Gasteiger partial charge in [-0.05, 0) is 91.4 Å². The van der Waals surface area contributed by atoms with Gasteiger partial charge in [-0.2, -0.15) is 0 Å². The van der Waals surface area contributed by atoms with Crippen LogP contribution in [0.1, 0.15) is 85.5 Å². The molecule has 0 aromatic rings. The molecule has 1 N–H and O–H groups in total. The molecule has 1 spiro atoms. The highest BCUT2D eigenvalue weighted by atomic mass is 16.6. The summed E-state index contributed by atoms with van der Waals surface area (Å²) in [6.45, 7) is 9.35. The van der Waals surface area contributed by atoms with Crippen molar-refractivity contribution in [1.29, 1.82) is 0 Å². The maximum atomic E-state index is 12.9. The molecule has 2 fully saturated rings. The van der Waals surface area contributed by atoms with Gasteiger partial charge in [-0.25, -0.2) is 0 Å². The van der Waals surface area contributed by atoms with Gasteiger partial charge in [0.25, 0.3) is 0 Å². The summed E-state index contributed by atoms with van der Waals surface area (Å²) >= 11 is 0. The summed E-state index contributed by atoms with van der Waals surface area (Å²) in [5.74, 6) is -0.281. The SMILES string of the molecule is CC(C)=CCC[C@@]1(C(=O)O)[C@H]2C/C=C(\C)CC/C=C(\C)CC[C@H]1[C@@]1(CC2)CO1. The molecular formula is C25H38O3. The highest BCUT2D eigenvalue weighted by Gasteiger charge is 2.66. The minimum absolute atomic E-state index is 0.110. The topological polar surface area (TPSA) is 49.8 Å². The second-order valence-corrected chi connectivity index (χ2v) is 9.72. The van der Waals surface area contributed by atoms with Gasteiger partial charge in [0.2, 0.25) is 0 Å². The zero-order valence-electron chi connectivity index (χ0n) is 18.2. The number of carbonyl (C=O) groups is 1. The Morgan fingerprint density at radius 2 is 1.93 bits per heavy atom. The molecule has 3 aliphatic rings. The molecule has 1 heterocycles. The maximum Gasteiger partial charge on any atom is 0.310 e. The molecule has 0 aromatic heterocycles. The van der Waals surface area contributed by atoms with Crippen molar-refractivity contribution in [1.82, 2.24) is 0 Å². The molecule has 156 valence electrons. The lowest BCUT2D eigenvalue weighted by Gasteiger charge is -2.50. The van der Waals surface area contributed by atoms with Gasteiger partial charge in [-0.15, -0.1) is 0 Å². The number of carboxylic acid groups (broad SMARTS) is 1. The third kappa shape index (κ3) is 4.30. The third-order valence-electron chi connectivity index (χ3n) is 7.53. The molecule has 0 amide bonds. The average Bonchev–Trinajstić information content (AvgIpc) is 3.39. The molecule has 0 unspecified atom stereocenters. The predicted octanol–water partition coefficient (Wildman–Crippen LogP) is 6.46. The minimum atomic E-state index is -0.684. The van der Waals surface area contributed by atoms with E-state index in [1.165, 1.54) is 16.7 Å². The summed E-state index contributed by atoms with van der Waals surface area (Å²) in [5.41, 5.74) is 3.20. The molecule has 1 saturated carbocycles. The van der Waals surface area contributed by atoms with Gasteiger partial charge in [-0.1, -0.05) is 34.9 Å². The smallest absolute Gasteiger partial charge is 0.310 e. The van der Waals surface area contributed by atoms with Crippen molar-refractivity contribution >= 4 is 5.97 Å². The van der Waals surface area contributed by atoms with E-state index in [-0.39, 0.29) is 17.4 Å². The van der Waals surface area contributed by atoms with Crippen molar-refractivity contribution in [3.8, 4) is 0 Å². The van der Waals surface area contributed by atoms with Crippen molar-refractivity contribution in [3.05, 3.63) is 34.9 Å². The number of hydrogen-bond acceptors (Lipinski definition) is 2. The van der Waals surface area contributed by atoms with Gasteiger partial charge >= 0.3 is 5.97 Å². The molecule has 3 rings (SSSR count). The quantitative estimate of drug-likeness (QED) is 0.446. The molecule has 3 heteroatoms. The first-order valence-electron chi connectivity index (χ1n) is 11.1. The second-order valence-electron chi connectivity index (χ2n) is 9.72. The van der Waals surface area contributed by atoms with Gasteiger partial charge < -0.3 is 9.84 Å². The van der Waals surface area contributed by atoms with E-state index < -0.39 is 11.4 Å². The number of ether oxygens (including phenoxy) is 1. The lowest BCUT2D eigenvalue weighted by Crippen LogP contribution is -2.54. The molecule has 1 saturated heterocycles. The van der Waals surface area contributed by atoms with Gasteiger partial charge in [0, 0.05) is 5.92 Å². The highest BCUT2D eigenvalue weighted by Crippen LogP contribution is 2.61. The predicted molar refractivity (Wildman–Crippen MR) is 114 cm³/mol. The van der Waals surface area contributed by atoms with Crippen LogP contribution in [0.15, 0.2) is 34.9 Å². The number of carboxylic acids is 1. The Morgan fingerprint density at radius 3 is 2.57 bits per heavy atom. The summed E-state index contributed by atoms with van der Waals surface area (Å²) in [7, 11) is 0. The third-order valence-corrected chi connectivity index (χ3v) is 7.53. The van der Waals surface area contributed by atoms with E-state index >= 15 is 0 Å². The Kier molecular flexibility index (Phi) is 6.54. The van der Waals surface area contributed by atoms with Crippen LogP contribution >= 0.6 is 0 Å².